The Morgan fingerprint density at radius 2 is 2.08 bits per heavy atom. The van der Waals surface area contributed by atoms with Gasteiger partial charge < -0.3 is 0 Å². The van der Waals surface area contributed by atoms with E-state index < -0.39 is 0 Å². The van der Waals surface area contributed by atoms with Crippen molar-refractivity contribution in [1.82, 2.24) is 0 Å². The monoisotopic (exact) mass is 174 g/mol. The zero-order chi connectivity index (χ0) is 9.42. The second kappa shape index (κ2) is 3.17. The molecule has 0 aliphatic heterocycles. The molecule has 1 aromatic rings. The Balaban J connectivity index is 2.43. The zero-order valence-electron chi connectivity index (χ0n) is 8.80. The molecule has 0 heteroatoms. The van der Waals surface area contributed by atoms with Crippen LogP contribution in [0.1, 0.15) is 42.9 Å². The highest BCUT2D eigenvalue weighted by atomic mass is 14.3. The van der Waals surface area contributed by atoms with Crippen molar-refractivity contribution in [3.63, 3.8) is 0 Å². The van der Waals surface area contributed by atoms with Gasteiger partial charge in [0.05, 0.1) is 0 Å². The van der Waals surface area contributed by atoms with E-state index in [4.69, 9.17) is 0 Å². The average Bonchev–Trinajstić information content (AvgIpc) is 2.48. The molecule has 1 aliphatic rings. The third kappa shape index (κ3) is 1.39. The first-order chi connectivity index (χ1) is 6.20. The van der Waals surface area contributed by atoms with Crippen molar-refractivity contribution in [3.8, 4) is 0 Å². The number of hydrogen-bond acceptors (Lipinski definition) is 0. The van der Waals surface area contributed by atoms with E-state index in [1.165, 1.54) is 18.4 Å². The van der Waals surface area contributed by atoms with Crippen LogP contribution < -0.4 is 0 Å². The van der Waals surface area contributed by atoms with Crippen molar-refractivity contribution in [1.29, 1.82) is 0 Å². The number of benzene rings is 1. The van der Waals surface area contributed by atoms with Gasteiger partial charge in [-0.25, -0.2) is 0 Å². The Labute approximate surface area is 81.0 Å². The van der Waals surface area contributed by atoms with Crippen LogP contribution in [0, 0.1) is 12.8 Å². The lowest BCUT2D eigenvalue weighted by Crippen LogP contribution is -2.01. The maximum atomic E-state index is 2.34. The molecule has 0 saturated carbocycles. The lowest BCUT2D eigenvalue weighted by molar-refractivity contribution is 0.496. The molecule has 0 unspecified atom stereocenters. The van der Waals surface area contributed by atoms with E-state index in [-0.39, 0.29) is 0 Å². The van der Waals surface area contributed by atoms with Gasteiger partial charge in [-0.3, -0.25) is 0 Å². The van der Waals surface area contributed by atoms with Crippen molar-refractivity contribution in [2.75, 3.05) is 0 Å². The molecule has 13 heavy (non-hydrogen) atoms. The van der Waals surface area contributed by atoms with Crippen LogP contribution in [0.5, 0.6) is 0 Å². The number of fused-ring (bicyclic) bond motifs is 1. The number of aryl methyl sites for hydroxylation is 1. The highest BCUT2D eigenvalue weighted by Gasteiger charge is 2.25. The van der Waals surface area contributed by atoms with E-state index in [2.05, 4.69) is 39.0 Å². The van der Waals surface area contributed by atoms with Gasteiger partial charge >= 0.3 is 0 Å². The van der Waals surface area contributed by atoms with Gasteiger partial charge in [0.25, 0.3) is 0 Å². The molecule has 1 atom stereocenters. The Hall–Kier alpha value is -0.780. The Morgan fingerprint density at radius 1 is 1.31 bits per heavy atom. The zero-order valence-corrected chi connectivity index (χ0v) is 8.80. The topological polar surface area (TPSA) is 0 Å². The van der Waals surface area contributed by atoms with Crippen LogP contribution in [-0.2, 0) is 6.42 Å². The van der Waals surface area contributed by atoms with E-state index in [1.807, 2.05) is 0 Å². The summed E-state index contributed by atoms with van der Waals surface area (Å²) in [4.78, 5) is 0. The summed E-state index contributed by atoms with van der Waals surface area (Å²) in [6.45, 7) is 6.91. The van der Waals surface area contributed by atoms with Gasteiger partial charge in [-0.1, -0.05) is 32.0 Å². The summed E-state index contributed by atoms with van der Waals surface area (Å²) in [5, 5.41) is 0. The minimum absolute atomic E-state index is 0.794. The van der Waals surface area contributed by atoms with E-state index >= 15 is 0 Å². The van der Waals surface area contributed by atoms with Gasteiger partial charge in [0.15, 0.2) is 0 Å². The summed E-state index contributed by atoms with van der Waals surface area (Å²) in [6.07, 6.45) is 2.66. The molecule has 0 spiro atoms. The highest BCUT2D eigenvalue weighted by molar-refractivity contribution is 5.40. The fraction of sp³-hybridized carbons (Fsp3) is 0.538. The summed E-state index contributed by atoms with van der Waals surface area (Å²) in [5.41, 5.74) is 4.73. The molecule has 1 aliphatic carbocycles. The lowest BCUT2D eigenvalue weighted by Gasteiger charge is -2.15. The third-order valence-electron chi connectivity index (χ3n) is 3.36. The first-order valence-electron chi connectivity index (χ1n) is 5.28. The van der Waals surface area contributed by atoms with Gasteiger partial charge in [-0.15, -0.1) is 0 Å². The first-order valence-corrected chi connectivity index (χ1v) is 5.28. The smallest absolute Gasteiger partial charge is 0.0133 e. The van der Waals surface area contributed by atoms with Crippen molar-refractivity contribution in [3.05, 3.63) is 34.9 Å². The number of hydrogen-bond donors (Lipinski definition) is 0. The molecule has 0 heterocycles. The van der Waals surface area contributed by atoms with E-state index in [1.54, 1.807) is 11.1 Å². The molecule has 2 rings (SSSR count). The number of rotatable bonds is 1. The molecule has 1 aromatic carbocycles. The molecule has 0 bridgehead atoms. The van der Waals surface area contributed by atoms with Crippen LogP contribution in [0.2, 0.25) is 0 Å². The summed E-state index contributed by atoms with van der Waals surface area (Å²) in [7, 11) is 0. The third-order valence-corrected chi connectivity index (χ3v) is 3.36. The molecule has 0 N–H and O–H groups in total. The molecular formula is C13H18. The largest absolute Gasteiger partial charge is 0.0622 e. The van der Waals surface area contributed by atoms with E-state index in [0.29, 0.717) is 0 Å². The van der Waals surface area contributed by atoms with Crippen LogP contribution in [-0.4, -0.2) is 0 Å². The standard InChI is InChI=1S/C13H18/c1-9(2)11-7-8-12-10(3)5-4-6-13(11)12/h4-6,9,11H,7-8H2,1-3H3/t11-/m1/s1. The molecule has 0 nitrogen and oxygen atoms in total. The molecular weight excluding hydrogens is 156 g/mol. The van der Waals surface area contributed by atoms with Gasteiger partial charge in [0, 0.05) is 0 Å². The SMILES string of the molecule is Cc1cccc2c1CC[C@@H]2C(C)C. The molecule has 0 fully saturated rings. The minimum atomic E-state index is 0.794. The van der Waals surface area contributed by atoms with Crippen molar-refractivity contribution < 1.29 is 0 Å². The van der Waals surface area contributed by atoms with Gasteiger partial charge in [0.1, 0.15) is 0 Å². The maximum Gasteiger partial charge on any atom is -0.0133 e. The van der Waals surface area contributed by atoms with Crippen molar-refractivity contribution in [2.45, 2.75) is 39.5 Å². The Bertz CT molecular complexity index is 310. The molecule has 0 aromatic heterocycles. The fourth-order valence-corrected chi connectivity index (χ4v) is 2.56. The van der Waals surface area contributed by atoms with E-state index in [9.17, 15) is 0 Å². The second-order valence-electron chi connectivity index (χ2n) is 4.53. The van der Waals surface area contributed by atoms with Crippen LogP contribution in [0.4, 0.5) is 0 Å². The lowest BCUT2D eigenvalue weighted by atomic mass is 9.90. The predicted molar refractivity (Wildman–Crippen MR) is 57.1 cm³/mol. The van der Waals surface area contributed by atoms with Crippen LogP contribution in [0.3, 0.4) is 0 Å². The Morgan fingerprint density at radius 3 is 2.77 bits per heavy atom. The Kier molecular flexibility index (Phi) is 2.15. The second-order valence-corrected chi connectivity index (χ2v) is 4.53. The predicted octanol–water partition coefficient (Wildman–Crippen LogP) is 3.68. The van der Waals surface area contributed by atoms with Gasteiger partial charge in [-0.05, 0) is 48.3 Å². The first kappa shape index (κ1) is 8.80. The van der Waals surface area contributed by atoms with E-state index in [0.717, 1.165) is 11.8 Å². The maximum absolute atomic E-state index is 2.34. The van der Waals surface area contributed by atoms with Crippen LogP contribution in [0.25, 0.3) is 0 Å². The molecule has 70 valence electrons. The van der Waals surface area contributed by atoms with Crippen molar-refractivity contribution in [2.24, 2.45) is 5.92 Å². The minimum Gasteiger partial charge on any atom is -0.0622 e. The van der Waals surface area contributed by atoms with Crippen LogP contribution >= 0.6 is 0 Å². The van der Waals surface area contributed by atoms with Crippen molar-refractivity contribution >= 4 is 0 Å². The normalized spacial score (nSPS) is 20.8. The van der Waals surface area contributed by atoms with Crippen LogP contribution in [0.15, 0.2) is 18.2 Å². The highest BCUT2D eigenvalue weighted by Crippen LogP contribution is 2.39. The fourth-order valence-electron chi connectivity index (χ4n) is 2.56. The summed E-state index contributed by atoms with van der Waals surface area (Å²) < 4.78 is 0. The average molecular weight is 174 g/mol. The summed E-state index contributed by atoms with van der Waals surface area (Å²) >= 11 is 0. The quantitative estimate of drug-likeness (QED) is 0.609. The molecule has 0 saturated heterocycles. The molecule has 0 amide bonds. The van der Waals surface area contributed by atoms with Gasteiger partial charge in [-0.2, -0.15) is 0 Å². The summed E-state index contributed by atoms with van der Waals surface area (Å²) in [5.74, 6) is 1.61. The summed E-state index contributed by atoms with van der Waals surface area (Å²) in [6, 6.07) is 6.76. The molecule has 0 radical (unpaired) electrons. The van der Waals surface area contributed by atoms with Gasteiger partial charge in [0.2, 0.25) is 0 Å².